The minimum Gasteiger partial charge on any atom is -0.0622 e. The van der Waals surface area contributed by atoms with Crippen LogP contribution in [0.2, 0.25) is 0 Å². The number of fused-ring (bicyclic) bond motifs is 2. The molecule has 0 aliphatic heterocycles. The molecular weight excluding hydrogens is 590 g/mol. The molecule has 2 unspecified atom stereocenters. The van der Waals surface area contributed by atoms with Crippen molar-refractivity contribution in [3.8, 4) is 0 Å². The predicted molar refractivity (Wildman–Crippen MR) is 201 cm³/mol. The average Bonchev–Trinajstić information content (AvgIpc) is 3.14. The SMILES string of the molecule is c1ccc(P(c2ccccc2)[C@H]2CCc3ccccc3C2C2c3ccccc3CC[C@@H]2P(c2ccccc2)c2ccccc2)cc1. The van der Waals surface area contributed by atoms with E-state index >= 15 is 0 Å². The summed E-state index contributed by atoms with van der Waals surface area (Å²) in [4.78, 5) is 0. The zero-order valence-electron chi connectivity index (χ0n) is 26.2. The summed E-state index contributed by atoms with van der Waals surface area (Å²) in [5, 5.41) is 6.03. The van der Waals surface area contributed by atoms with E-state index in [1.54, 1.807) is 22.3 Å². The van der Waals surface area contributed by atoms with Gasteiger partial charge in [0.1, 0.15) is 0 Å². The highest BCUT2D eigenvalue weighted by molar-refractivity contribution is 7.74. The Labute approximate surface area is 277 Å². The highest BCUT2D eigenvalue weighted by Crippen LogP contribution is 2.62. The van der Waals surface area contributed by atoms with E-state index < -0.39 is 15.8 Å². The summed E-state index contributed by atoms with van der Waals surface area (Å²) in [5.41, 5.74) is 7.39. The lowest BCUT2D eigenvalue weighted by molar-refractivity contribution is 0.432. The molecule has 6 aromatic carbocycles. The molecule has 0 N–H and O–H groups in total. The molecule has 2 heteroatoms. The van der Waals surface area contributed by atoms with Gasteiger partial charge in [-0.15, -0.1) is 0 Å². The van der Waals surface area contributed by atoms with Crippen molar-refractivity contribution < 1.29 is 0 Å². The Bertz CT molecular complexity index is 1650. The van der Waals surface area contributed by atoms with Crippen molar-refractivity contribution >= 4 is 37.1 Å². The highest BCUT2D eigenvalue weighted by atomic mass is 31.1. The van der Waals surface area contributed by atoms with Gasteiger partial charge in [0.25, 0.3) is 0 Å². The fraction of sp³-hybridized carbons (Fsp3) is 0.182. The molecule has 0 radical (unpaired) electrons. The van der Waals surface area contributed by atoms with Crippen molar-refractivity contribution in [1.82, 2.24) is 0 Å². The maximum Gasteiger partial charge on any atom is -0.00102 e. The number of rotatable bonds is 7. The first-order chi connectivity index (χ1) is 22.9. The van der Waals surface area contributed by atoms with Gasteiger partial charge in [-0.3, -0.25) is 0 Å². The monoisotopic (exact) mass is 630 g/mol. The molecule has 4 atom stereocenters. The van der Waals surface area contributed by atoms with Crippen LogP contribution in [0, 0.1) is 0 Å². The van der Waals surface area contributed by atoms with Gasteiger partial charge in [-0.2, -0.15) is 0 Å². The van der Waals surface area contributed by atoms with E-state index in [2.05, 4.69) is 170 Å². The molecule has 0 aromatic heterocycles. The molecule has 2 aliphatic rings. The molecule has 0 bridgehead atoms. The molecule has 0 fully saturated rings. The van der Waals surface area contributed by atoms with Gasteiger partial charge in [-0.25, -0.2) is 0 Å². The largest absolute Gasteiger partial charge is 0.0622 e. The molecule has 0 saturated heterocycles. The third-order valence-electron chi connectivity index (χ3n) is 10.3. The summed E-state index contributed by atoms with van der Waals surface area (Å²) in [5.74, 6) is 0.862. The Hall–Kier alpha value is -3.82. The predicted octanol–water partition coefficient (Wildman–Crippen LogP) is 9.45. The second kappa shape index (κ2) is 13.5. The van der Waals surface area contributed by atoms with Crippen LogP contribution in [0.5, 0.6) is 0 Å². The van der Waals surface area contributed by atoms with E-state index in [9.17, 15) is 0 Å². The van der Waals surface area contributed by atoms with Crippen molar-refractivity contribution in [1.29, 1.82) is 0 Å². The topological polar surface area (TPSA) is 0 Å². The third kappa shape index (κ3) is 5.68. The number of aryl methyl sites for hydroxylation is 2. The van der Waals surface area contributed by atoms with Crippen LogP contribution in [0.25, 0.3) is 0 Å². The molecule has 0 amide bonds. The Balaban J connectivity index is 1.37. The van der Waals surface area contributed by atoms with Crippen molar-refractivity contribution in [2.45, 2.75) is 48.8 Å². The van der Waals surface area contributed by atoms with Gasteiger partial charge in [-0.05, 0) is 108 Å². The van der Waals surface area contributed by atoms with Gasteiger partial charge < -0.3 is 0 Å². The van der Waals surface area contributed by atoms with Gasteiger partial charge >= 0.3 is 0 Å². The van der Waals surface area contributed by atoms with Gasteiger partial charge in [0.15, 0.2) is 0 Å². The Morgan fingerprint density at radius 1 is 0.326 bits per heavy atom. The van der Waals surface area contributed by atoms with Crippen LogP contribution in [0.1, 0.15) is 46.9 Å². The van der Waals surface area contributed by atoms with E-state index in [4.69, 9.17) is 0 Å². The second-order valence-electron chi connectivity index (χ2n) is 12.7. The van der Waals surface area contributed by atoms with Crippen molar-refractivity contribution in [2.75, 3.05) is 0 Å². The Kier molecular flexibility index (Phi) is 8.68. The fourth-order valence-electron chi connectivity index (χ4n) is 8.42. The van der Waals surface area contributed by atoms with Crippen LogP contribution in [-0.2, 0) is 12.8 Å². The normalized spacial score (nSPS) is 20.7. The molecule has 226 valence electrons. The summed E-state index contributed by atoms with van der Waals surface area (Å²) in [6.45, 7) is 0. The molecule has 6 aromatic rings. The average molecular weight is 631 g/mol. The van der Waals surface area contributed by atoms with E-state index in [0.29, 0.717) is 23.2 Å². The fourth-order valence-corrected chi connectivity index (χ4v) is 14.6. The molecule has 0 nitrogen and oxygen atoms in total. The summed E-state index contributed by atoms with van der Waals surface area (Å²) in [7, 11) is -1.17. The van der Waals surface area contributed by atoms with Crippen LogP contribution in [0.4, 0.5) is 0 Å². The third-order valence-corrected chi connectivity index (χ3v) is 16.2. The lowest BCUT2D eigenvalue weighted by Gasteiger charge is -2.49. The van der Waals surface area contributed by atoms with E-state index in [-0.39, 0.29) is 0 Å². The molecule has 2 aliphatic carbocycles. The van der Waals surface area contributed by atoms with Crippen LogP contribution >= 0.6 is 15.8 Å². The quantitative estimate of drug-likeness (QED) is 0.154. The lowest BCUT2D eigenvalue weighted by atomic mass is 9.68. The molecule has 0 heterocycles. The highest BCUT2D eigenvalue weighted by Gasteiger charge is 2.47. The molecule has 8 rings (SSSR count). The van der Waals surface area contributed by atoms with Crippen molar-refractivity contribution in [3.05, 3.63) is 192 Å². The molecule has 46 heavy (non-hydrogen) atoms. The van der Waals surface area contributed by atoms with Gasteiger partial charge in [0.05, 0.1) is 0 Å². The van der Waals surface area contributed by atoms with Crippen molar-refractivity contribution in [3.63, 3.8) is 0 Å². The van der Waals surface area contributed by atoms with Crippen LogP contribution in [0.3, 0.4) is 0 Å². The lowest BCUT2D eigenvalue weighted by Crippen LogP contribution is -2.41. The molecule has 0 saturated carbocycles. The molecule has 0 spiro atoms. The smallest absolute Gasteiger partial charge is 0.00102 e. The zero-order chi connectivity index (χ0) is 30.7. The summed E-state index contributed by atoms with van der Waals surface area (Å²) in [6, 6.07) is 65.0. The number of hydrogen-bond acceptors (Lipinski definition) is 0. The minimum atomic E-state index is -0.587. The van der Waals surface area contributed by atoms with E-state index in [1.165, 1.54) is 34.1 Å². The summed E-state index contributed by atoms with van der Waals surface area (Å²) >= 11 is 0. The van der Waals surface area contributed by atoms with E-state index in [0.717, 1.165) is 12.8 Å². The second-order valence-corrected chi connectivity index (χ2v) is 17.6. The van der Waals surface area contributed by atoms with Gasteiger partial charge in [0.2, 0.25) is 0 Å². The Morgan fingerprint density at radius 2 is 0.609 bits per heavy atom. The Morgan fingerprint density at radius 3 is 0.935 bits per heavy atom. The zero-order valence-corrected chi connectivity index (χ0v) is 28.0. The molecular formula is C44H40P2. The summed E-state index contributed by atoms with van der Waals surface area (Å²) < 4.78 is 0. The van der Waals surface area contributed by atoms with Crippen molar-refractivity contribution in [2.24, 2.45) is 0 Å². The number of hydrogen-bond donors (Lipinski definition) is 0. The van der Waals surface area contributed by atoms with Gasteiger partial charge in [-0.1, -0.05) is 170 Å². The van der Waals surface area contributed by atoms with E-state index in [1.807, 2.05) is 0 Å². The van der Waals surface area contributed by atoms with Crippen LogP contribution in [-0.4, -0.2) is 11.3 Å². The van der Waals surface area contributed by atoms with Gasteiger partial charge in [0, 0.05) is 0 Å². The first-order valence-electron chi connectivity index (χ1n) is 16.8. The standard InChI is InChI=1S/C44H40P2/c1-5-19-35(20-6-1)45(36-21-7-2-8-22-36)41-31-29-33-17-13-15-27-39(33)43(41)44-40-28-16-14-18-34(40)30-32-42(44)46(37-23-9-3-10-24-37)38-25-11-4-12-26-38/h1-28,41-44H,29-32H2/t41-,42-,43?,44?/m0/s1. The maximum atomic E-state index is 2.50. The minimum absolute atomic E-state index is 0.431. The first-order valence-corrected chi connectivity index (χ1v) is 19.6. The number of benzene rings is 6. The van der Waals surface area contributed by atoms with Crippen LogP contribution < -0.4 is 21.2 Å². The summed E-state index contributed by atoms with van der Waals surface area (Å²) in [6.07, 6.45) is 4.75. The first kappa shape index (κ1) is 29.6. The van der Waals surface area contributed by atoms with Crippen LogP contribution in [0.15, 0.2) is 170 Å². The maximum absolute atomic E-state index is 2.50.